The topological polar surface area (TPSA) is 165 Å². The number of rotatable bonds is 11. The molecule has 11 nitrogen and oxygen atoms in total. The minimum atomic E-state index is -3.91. The van der Waals surface area contributed by atoms with Crippen molar-refractivity contribution in [1.29, 1.82) is 0 Å². The van der Waals surface area contributed by atoms with Gasteiger partial charge in [0.1, 0.15) is 5.82 Å². The lowest BCUT2D eigenvalue weighted by atomic mass is 10.1. The van der Waals surface area contributed by atoms with Gasteiger partial charge in [-0.05, 0) is 25.0 Å². The maximum Gasteiger partial charge on any atom is 0.306 e. The van der Waals surface area contributed by atoms with Crippen LogP contribution in [0.4, 0.5) is 17.5 Å². The number of nitrogens with two attached hydrogens (primary N) is 1. The van der Waals surface area contributed by atoms with Crippen LogP contribution in [0.2, 0.25) is 0 Å². The molecule has 0 fully saturated rings. The summed E-state index contributed by atoms with van der Waals surface area (Å²) >= 11 is 0. The first kappa shape index (κ1) is 25.6. The summed E-state index contributed by atoms with van der Waals surface area (Å²) in [6.07, 6.45) is 3.65. The van der Waals surface area contributed by atoms with Crippen molar-refractivity contribution in [2.24, 2.45) is 11.7 Å². The quantitative estimate of drug-likeness (QED) is 0.280. The Kier molecular flexibility index (Phi) is 8.35. The fourth-order valence-electron chi connectivity index (χ4n) is 2.52. The minimum Gasteiger partial charge on any atom is -0.382 e. The lowest BCUT2D eigenvalue weighted by Crippen LogP contribution is -2.25. The largest absolute Gasteiger partial charge is 0.382 e. The molecule has 5 N–H and O–H groups in total. The van der Waals surface area contributed by atoms with Gasteiger partial charge in [-0.25, -0.2) is 4.98 Å². The van der Waals surface area contributed by atoms with E-state index in [4.69, 9.17) is 9.92 Å². The highest BCUT2D eigenvalue weighted by Gasteiger charge is 2.19. The number of anilines is 3. The number of aromatic nitrogens is 2. The summed E-state index contributed by atoms with van der Waals surface area (Å²) in [5.41, 5.74) is 5.93. The van der Waals surface area contributed by atoms with E-state index in [1.165, 1.54) is 30.5 Å². The zero-order valence-corrected chi connectivity index (χ0v) is 19.7. The van der Waals surface area contributed by atoms with Crippen LogP contribution >= 0.6 is 0 Å². The Morgan fingerprint density at radius 2 is 1.94 bits per heavy atom. The molecule has 0 spiro atoms. The maximum atomic E-state index is 12.4. The normalized spacial score (nSPS) is 12.0. The van der Waals surface area contributed by atoms with Crippen molar-refractivity contribution in [2.75, 3.05) is 23.4 Å². The van der Waals surface area contributed by atoms with Crippen molar-refractivity contribution < 1.29 is 22.2 Å². The summed E-state index contributed by atoms with van der Waals surface area (Å²) in [5, 5.41) is 8.62. The number of nitrogens with one attached hydrogen (secondary N) is 3. The smallest absolute Gasteiger partial charge is 0.306 e. The van der Waals surface area contributed by atoms with E-state index in [1.54, 1.807) is 0 Å². The lowest BCUT2D eigenvalue weighted by Gasteiger charge is -2.20. The number of hydrogen-bond donors (Lipinski definition) is 4. The van der Waals surface area contributed by atoms with E-state index in [2.05, 4.69) is 32.5 Å². The highest BCUT2D eigenvalue weighted by Crippen LogP contribution is 2.27. The van der Waals surface area contributed by atoms with Gasteiger partial charge in [-0.3, -0.25) is 9.59 Å². The van der Waals surface area contributed by atoms with Gasteiger partial charge in [0.2, 0.25) is 5.95 Å². The van der Waals surface area contributed by atoms with Gasteiger partial charge in [0.25, 0.3) is 11.8 Å². The molecule has 12 heteroatoms. The van der Waals surface area contributed by atoms with Crippen LogP contribution in [-0.4, -0.2) is 49.0 Å². The molecule has 2 aromatic rings. The van der Waals surface area contributed by atoms with Gasteiger partial charge in [-0.2, -0.15) is 13.4 Å². The number of nitrogens with zero attached hydrogens (tertiary/aromatic N) is 2. The van der Waals surface area contributed by atoms with E-state index < -0.39 is 21.9 Å². The summed E-state index contributed by atoms with van der Waals surface area (Å²) in [4.78, 5) is 32.5. The van der Waals surface area contributed by atoms with E-state index in [1.807, 2.05) is 20.8 Å². The summed E-state index contributed by atoms with van der Waals surface area (Å²) in [5.74, 6) is -0.755. The summed E-state index contributed by atoms with van der Waals surface area (Å²) < 4.78 is 28.4. The molecule has 1 heterocycles. The number of hydrogen-bond acceptors (Lipinski definition) is 9. The Morgan fingerprint density at radius 1 is 1.24 bits per heavy atom. The molecule has 1 atom stereocenters. The molecule has 0 radical (unpaired) electrons. The van der Waals surface area contributed by atoms with Gasteiger partial charge in [0, 0.05) is 30.5 Å². The second-order valence-corrected chi connectivity index (χ2v) is 9.19. The number of benzene rings is 1. The van der Waals surface area contributed by atoms with E-state index in [9.17, 15) is 18.0 Å². The molecule has 0 saturated heterocycles. The van der Waals surface area contributed by atoms with Gasteiger partial charge in [-0.15, -0.1) is 6.58 Å². The summed E-state index contributed by atoms with van der Waals surface area (Å²) in [7, 11) is -3.91. The molecule has 1 aromatic carbocycles. The number of carbonyl (C=O) groups excluding carboxylic acids is 2. The number of primary amides is 1. The first-order valence-corrected chi connectivity index (χ1v) is 11.9. The second kappa shape index (κ2) is 10.8. The highest BCUT2D eigenvalue weighted by molar-refractivity contribution is 7.86. The summed E-state index contributed by atoms with van der Waals surface area (Å²) in [6, 6.07) is 4.26. The van der Waals surface area contributed by atoms with Crippen molar-refractivity contribution in [2.45, 2.75) is 26.8 Å². The average molecular weight is 477 g/mol. The molecule has 2 amide bonds. The van der Waals surface area contributed by atoms with Crippen LogP contribution in [-0.2, 0) is 10.1 Å². The van der Waals surface area contributed by atoms with Crippen LogP contribution < -0.4 is 25.9 Å². The molecule has 0 aliphatic rings. The summed E-state index contributed by atoms with van der Waals surface area (Å²) in [6.45, 7) is 9.68. The van der Waals surface area contributed by atoms with Crippen LogP contribution in [0.25, 0.3) is 0 Å². The van der Waals surface area contributed by atoms with E-state index >= 15 is 0 Å². The van der Waals surface area contributed by atoms with Gasteiger partial charge < -0.3 is 25.9 Å². The van der Waals surface area contributed by atoms with Crippen molar-refractivity contribution in [3.8, 4) is 5.75 Å². The van der Waals surface area contributed by atoms with Gasteiger partial charge in [0.05, 0.1) is 17.4 Å². The fraction of sp³-hybridized carbons (Fsp3) is 0.333. The van der Waals surface area contributed by atoms with Crippen LogP contribution in [0.15, 0.2) is 37.1 Å². The van der Waals surface area contributed by atoms with Gasteiger partial charge in [-0.1, -0.05) is 19.9 Å². The molecule has 1 aromatic heterocycles. The molecular weight excluding hydrogens is 448 g/mol. The van der Waals surface area contributed by atoms with Crippen LogP contribution in [0.5, 0.6) is 5.75 Å². The molecule has 0 unspecified atom stereocenters. The van der Waals surface area contributed by atoms with Crippen LogP contribution in [0.1, 0.15) is 41.5 Å². The van der Waals surface area contributed by atoms with Gasteiger partial charge >= 0.3 is 10.1 Å². The van der Waals surface area contributed by atoms with Crippen molar-refractivity contribution in [1.82, 2.24) is 15.3 Å². The van der Waals surface area contributed by atoms with Gasteiger partial charge in [0.15, 0.2) is 5.75 Å². The minimum absolute atomic E-state index is 0.00558. The Balaban J connectivity index is 2.41. The highest BCUT2D eigenvalue weighted by atomic mass is 32.2. The Hall–Kier alpha value is -3.67. The molecule has 33 heavy (non-hydrogen) atoms. The number of amides is 2. The first-order valence-electron chi connectivity index (χ1n) is 10.0. The van der Waals surface area contributed by atoms with E-state index in [-0.39, 0.29) is 47.1 Å². The van der Waals surface area contributed by atoms with Crippen molar-refractivity contribution in [3.63, 3.8) is 0 Å². The standard InChI is InChI=1S/C21H28N6O5S/c1-6-9-23-20(29)15-8-7-14(10-17(15)32-33(5,30)31)26-21-24-11-16(18(22)28)19(27-21)25-13(4)12(2)3/h6-8,10-13H,1,9H2,2-5H3,(H2,22,28)(H,23,29)(H2,24,25,26,27)/t13-/m1/s1. The van der Waals surface area contributed by atoms with Crippen molar-refractivity contribution in [3.05, 3.63) is 48.2 Å². The molecule has 0 aliphatic carbocycles. The predicted molar refractivity (Wildman–Crippen MR) is 126 cm³/mol. The monoisotopic (exact) mass is 476 g/mol. The predicted octanol–water partition coefficient (Wildman–Crippen LogP) is 2.03. The third-order valence-corrected chi connectivity index (χ3v) is 5.03. The first-order chi connectivity index (χ1) is 15.4. The third kappa shape index (κ3) is 7.45. The molecule has 2 rings (SSSR count). The van der Waals surface area contributed by atoms with Crippen LogP contribution in [0, 0.1) is 5.92 Å². The van der Waals surface area contributed by atoms with Crippen molar-refractivity contribution >= 4 is 39.4 Å². The SMILES string of the molecule is C=CCNC(=O)c1ccc(Nc2ncc(C(N)=O)c(N[C@H](C)C(C)C)n2)cc1OS(C)(=O)=O. The Labute approximate surface area is 193 Å². The number of carbonyl (C=O) groups is 2. The third-order valence-electron chi connectivity index (χ3n) is 4.55. The van der Waals surface area contributed by atoms with Crippen LogP contribution in [0.3, 0.4) is 0 Å². The Morgan fingerprint density at radius 3 is 2.52 bits per heavy atom. The maximum absolute atomic E-state index is 12.4. The second-order valence-electron chi connectivity index (χ2n) is 7.62. The van der Waals surface area contributed by atoms with E-state index in [0.29, 0.717) is 5.69 Å². The Bertz CT molecular complexity index is 1150. The zero-order chi connectivity index (χ0) is 24.8. The molecule has 178 valence electrons. The molecular formula is C21H28N6O5S. The zero-order valence-electron chi connectivity index (χ0n) is 18.9. The average Bonchev–Trinajstić information content (AvgIpc) is 2.70. The molecule has 0 bridgehead atoms. The van der Waals surface area contributed by atoms with E-state index in [0.717, 1.165) is 6.26 Å². The fourth-order valence-corrected chi connectivity index (χ4v) is 2.99. The molecule has 0 aliphatic heterocycles. The molecule has 0 saturated carbocycles. The lowest BCUT2D eigenvalue weighted by molar-refractivity contribution is 0.0955.